The molecular weight excluding hydrogens is 358 g/mol. The average Bonchev–Trinajstić information content (AvgIpc) is 3.03. The fourth-order valence-corrected chi connectivity index (χ4v) is 4.35. The van der Waals surface area contributed by atoms with Crippen LogP contribution in [0, 0.1) is 5.41 Å². The standard InChI is InChI=1S/C18H24BrNO3/c1-22-16(21)12-23-18(14-3-2-4-15(19)11-14)7-5-17(6-8-18)9-10-20-13-17/h2-4,11,20H,5-10,12-13H2,1H3. The van der Waals surface area contributed by atoms with Crippen molar-refractivity contribution < 1.29 is 14.3 Å². The first-order valence-electron chi connectivity index (χ1n) is 8.25. The Kier molecular flexibility index (Phi) is 5.09. The highest BCUT2D eigenvalue weighted by Crippen LogP contribution is 2.50. The van der Waals surface area contributed by atoms with E-state index in [1.807, 2.05) is 12.1 Å². The van der Waals surface area contributed by atoms with Gasteiger partial charge in [0.1, 0.15) is 6.61 Å². The summed E-state index contributed by atoms with van der Waals surface area (Å²) < 4.78 is 11.9. The molecule has 4 nitrogen and oxygen atoms in total. The van der Waals surface area contributed by atoms with Gasteiger partial charge in [-0.05, 0) is 61.8 Å². The molecular formula is C18H24BrNO3. The van der Waals surface area contributed by atoms with Crippen LogP contribution in [0.15, 0.2) is 28.7 Å². The minimum Gasteiger partial charge on any atom is -0.467 e. The second kappa shape index (κ2) is 6.91. The van der Waals surface area contributed by atoms with E-state index in [-0.39, 0.29) is 18.2 Å². The maximum Gasteiger partial charge on any atom is 0.331 e. The highest BCUT2D eigenvalue weighted by molar-refractivity contribution is 9.10. The molecule has 1 saturated carbocycles. The maximum absolute atomic E-state index is 11.6. The van der Waals surface area contributed by atoms with E-state index in [4.69, 9.17) is 9.47 Å². The van der Waals surface area contributed by atoms with Crippen LogP contribution in [0.5, 0.6) is 0 Å². The van der Waals surface area contributed by atoms with Gasteiger partial charge in [0.15, 0.2) is 0 Å². The summed E-state index contributed by atoms with van der Waals surface area (Å²) in [5.74, 6) is -0.317. The van der Waals surface area contributed by atoms with Crippen molar-refractivity contribution in [3.05, 3.63) is 34.3 Å². The van der Waals surface area contributed by atoms with E-state index in [9.17, 15) is 4.79 Å². The van der Waals surface area contributed by atoms with Crippen LogP contribution >= 0.6 is 15.9 Å². The van der Waals surface area contributed by atoms with E-state index in [1.165, 1.54) is 13.5 Å². The predicted octanol–water partition coefficient (Wildman–Crippen LogP) is 3.39. The molecule has 0 radical (unpaired) electrons. The normalized spacial score (nSPS) is 30.5. The van der Waals surface area contributed by atoms with Crippen LogP contribution in [0.3, 0.4) is 0 Å². The van der Waals surface area contributed by atoms with Crippen LogP contribution < -0.4 is 5.32 Å². The third-order valence-corrected chi connectivity index (χ3v) is 5.99. The van der Waals surface area contributed by atoms with E-state index >= 15 is 0 Å². The fourth-order valence-electron chi connectivity index (χ4n) is 3.95. The van der Waals surface area contributed by atoms with Gasteiger partial charge >= 0.3 is 5.97 Å². The molecule has 0 unspecified atom stereocenters. The molecule has 23 heavy (non-hydrogen) atoms. The van der Waals surface area contributed by atoms with E-state index in [2.05, 4.69) is 33.4 Å². The Morgan fingerprint density at radius 2 is 2.04 bits per heavy atom. The minimum atomic E-state index is -0.383. The van der Waals surface area contributed by atoms with Crippen molar-refractivity contribution in [2.45, 2.75) is 37.7 Å². The Morgan fingerprint density at radius 1 is 1.26 bits per heavy atom. The molecule has 2 aliphatic rings. The Hall–Kier alpha value is -0.910. The molecule has 1 aliphatic heterocycles. The summed E-state index contributed by atoms with van der Waals surface area (Å²) in [5, 5.41) is 3.50. The van der Waals surface area contributed by atoms with Crippen molar-refractivity contribution in [2.75, 3.05) is 26.8 Å². The second-order valence-electron chi connectivity index (χ2n) is 6.80. The zero-order valence-electron chi connectivity index (χ0n) is 13.6. The van der Waals surface area contributed by atoms with Gasteiger partial charge in [0.2, 0.25) is 0 Å². The SMILES string of the molecule is COC(=O)COC1(c2cccc(Br)c2)CCC2(CCNC2)CC1. The van der Waals surface area contributed by atoms with Crippen LogP contribution in [0.2, 0.25) is 0 Å². The third-order valence-electron chi connectivity index (χ3n) is 5.50. The lowest BCUT2D eigenvalue weighted by Gasteiger charge is -2.44. The first-order valence-corrected chi connectivity index (χ1v) is 9.04. The zero-order chi connectivity index (χ0) is 16.3. The van der Waals surface area contributed by atoms with Gasteiger partial charge in [-0.25, -0.2) is 4.79 Å². The summed E-state index contributed by atoms with van der Waals surface area (Å²) in [5.41, 5.74) is 1.19. The van der Waals surface area contributed by atoms with Gasteiger partial charge in [-0.1, -0.05) is 28.1 Å². The van der Waals surface area contributed by atoms with Gasteiger partial charge in [-0.2, -0.15) is 0 Å². The molecule has 3 rings (SSSR count). The van der Waals surface area contributed by atoms with Crippen molar-refractivity contribution in [2.24, 2.45) is 5.41 Å². The topological polar surface area (TPSA) is 47.6 Å². The van der Waals surface area contributed by atoms with Crippen LogP contribution in [-0.4, -0.2) is 32.8 Å². The summed E-state index contributed by atoms with van der Waals surface area (Å²) in [7, 11) is 1.40. The van der Waals surface area contributed by atoms with Crippen molar-refractivity contribution in [1.82, 2.24) is 5.32 Å². The zero-order valence-corrected chi connectivity index (χ0v) is 15.2. The van der Waals surface area contributed by atoms with Gasteiger partial charge in [0.25, 0.3) is 0 Å². The van der Waals surface area contributed by atoms with Gasteiger partial charge < -0.3 is 14.8 Å². The lowest BCUT2D eigenvalue weighted by molar-refractivity contribution is -0.159. The van der Waals surface area contributed by atoms with E-state index in [1.54, 1.807) is 0 Å². The molecule has 1 aromatic carbocycles. The van der Waals surface area contributed by atoms with Crippen molar-refractivity contribution in [1.29, 1.82) is 0 Å². The number of halogens is 1. The largest absolute Gasteiger partial charge is 0.467 e. The first kappa shape index (κ1) is 16.9. The molecule has 2 fully saturated rings. The summed E-state index contributed by atoms with van der Waals surface area (Å²) in [6.07, 6.45) is 5.41. The molecule has 1 aromatic rings. The lowest BCUT2D eigenvalue weighted by atomic mass is 9.66. The molecule has 1 spiro atoms. The number of methoxy groups -OCH3 is 1. The molecule has 0 atom stereocenters. The molecule has 1 N–H and O–H groups in total. The van der Waals surface area contributed by atoms with E-state index < -0.39 is 0 Å². The molecule has 0 bridgehead atoms. The number of benzene rings is 1. The number of hydrogen-bond donors (Lipinski definition) is 1. The summed E-state index contributed by atoms with van der Waals surface area (Å²) >= 11 is 3.55. The number of ether oxygens (including phenoxy) is 2. The van der Waals surface area contributed by atoms with Crippen molar-refractivity contribution >= 4 is 21.9 Å². The number of esters is 1. The van der Waals surface area contributed by atoms with Gasteiger partial charge in [-0.15, -0.1) is 0 Å². The predicted molar refractivity (Wildman–Crippen MR) is 92.2 cm³/mol. The van der Waals surface area contributed by atoms with Gasteiger partial charge in [0, 0.05) is 11.0 Å². The van der Waals surface area contributed by atoms with Crippen LogP contribution in [0.1, 0.15) is 37.7 Å². The van der Waals surface area contributed by atoms with Crippen LogP contribution in [-0.2, 0) is 19.9 Å². The second-order valence-corrected chi connectivity index (χ2v) is 7.71. The average molecular weight is 382 g/mol. The Labute approximate surface area is 146 Å². The lowest BCUT2D eigenvalue weighted by Crippen LogP contribution is -2.41. The highest BCUT2D eigenvalue weighted by atomic mass is 79.9. The Morgan fingerprint density at radius 3 is 2.65 bits per heavy atom. The summed E-state index contributed by atoms with van der Waals surface area (Å²) in [4.78, 5) is 11.6. The minimum absolute atomic E-state index is 0.00820. The van der Waals surface area contributed by atoms with Gasteiger partial charge in [0.05, 0.1) is 12.7 Å². The van der Waals surface area contributed by atoms with Crippen molar-refractivity contribution in [3.63, 3.8) is 0 Å². The number of hydrogen-bond acceptors (Lipinski definition) is 4. The fraction of sp³-hybridized carbons (Fsp3) is 0.611. The number of carbonyl (C=O) groups is 1. The summed E-state index contributed by atoms with van der Waals surface area (Å²) in [6, 6.07) is 8.27. The Balaban J connectivity index is 1.81. The monoisotopic (exact) mass is 381 g/mol. The van der Waals surface area contributed by atoms with Gasteiger partial charge in [-0.3, -0.25) is 0 Å². The molecule has 0 amide bonds. The summed E-state index contributed by atoms with van der Waals surface area (Å²) in [6.45, 7) is 2.24. The van der Waals surface area contributed by atoms with E-state index in [0.717, 1.165) is 48.8 Å². The highest BCUT2D eigenvalue weighted by Gasteiger charge is 2.45. The molecule has 5 heteroatoms. The molecule has 1 saturated heterocycles. The quantitative estimate of drug-likeness (QED) is 0.812. The van der Waals surface area contributed by atoms with Crippen molar-refractivity contribution in [3.8, 4) is 0 Å². The Bertz CT molecular complexity index is 559. The number of rotatable bonds is 4. The van der Waals surface area contributed by atoms with E-state index in [0.29, 0.717) is 5.41 Å². The molecule has 0 aromatic heterocycles. The molecule has 1 heterocycles. The number of nitrogens with one attached hydrogen (secondary N) is 1. The smallest absolute Gasteiger partial charge is 0.331 e. The maximum atomic E-state index is 11.6. The molecule has 126 valence electrons. The molecule has 1 aliphatic carbocycles. The number of carbonyl (C=O) groups excluding carboxylic acids is 1. The third kappa shape index (κ3) is 3.62. The first-order chi connectivity index (χ1) is 11.1. The van der Waals surface area contributed by atoms with Crippen LogP contribution in [0.4, 0.5) is 0 Å². The van der Waals surface area contributed by atoms with Crippen LogP contribution in [0.25, 0.3) is 0 Å².